The topological polar surface area (TPSA) is 48.6 Å². The number of fused-ring (bicyclic) bond motifs is 1. The van der Waals surface area contributed by atoms with Crippen LogP contribution in [0.4, 0.5) is 0 Å². The van der Waals surface area contributed by atoms with Gasteiger partial charge in [-0.1, -0.05) is 45.7 Å². The van der Waals surface area contributed by atoms with Crippen molar-refractivity contribution in [2.45, 2.75) is 25.1 Å². The van der Waals surface area contributed by atoms with E-state index < -0.39 is 0 Å². The van der Waals surface area contributed by atoms with Crippen molar-refractivity contribution in [1.82, 2.24) is 9.97 Å². The summed E-state index contributed by atoms with van der Waals surface area (Å²) >= 11 is 7.39. The van der Waals surface area contributed by atoms with Crippen molar-refractivity contribution in [3.63, 3.8) is 0 Å². The lowest BCUT2D eigenvalue weighted by atomic mass is 10.0. The van der Waals surface area contributed by atoms with Gasteiger partial charge in [0.05, 0.1) is 11.0 Å². The summed E-state index contributed by atoms with van der Waals surface area (Å²) in [4.78, 5) is 17.2. The number of hydrogen-bond donors (Lipinski definition) is 2. The summed E-state index contributed by atoms with van der Waals surface area (Å²) in [6, 6.07) is 4.01. The molecule has 0 spiro atoms. The highest BCUT2D eigenvalue weighted by molar-refractivity contribution is 9.11. The van der Waals surface area contributed by atoms with E-state index in [1.807, 2.05) is 12.1 Å². The molecule has 1 heterocycles. The Balaban J connectivity index is 2.06. The van der Waals surface area contributed by atoms with Gasteiger partial charge in [-0.2, -0.15) is 0 Å². The van der Waals surface area contributed by atoms with E-state index in [1.165, 1.54) is 12.0 Å². The molecule has 1 aromatic heterocycles. The minimum absolute atomic E-state index is 0.160. The maximum atomic E-state index is 11.3. The third-order valence-electron chi connectivity index (χ3n) is 3.87. The summed E-state index contributed by atoms with van der Waals surface area (Å²) in [5.41, 5.74) is 3.15. The van der Waals surface area contributed by atoms with Crippen LogP contribution in [0.15, 0.2) is 21.4 Å². The van der Waals surface area contributed by atoms with E-state index >= 15 is 0 Å². The van der Waals surface area contributed by atoms with Crippen LogP contribution in [-0.4, -0.2) is 9.97 Å². The van der Waals surface area contributed by atoms with Crippen molar-refractivity contribution in [1.29, 1.82) is 0 Å². The Hall–Kier alpha value is -0.550. The van der Waals surface area contributed by atoms with Gasteiger partial charge in [-0.05, 0) is 35.4 Å². The molecular weight excluding hydrogens is 360 g/mol. The van der Waals surface area contributed by atoms with Crippen LogP contribution in [-0.2, 0) is 0 Å². The molecule has 0 bridgehead atoms. The zero-order valence-electron chi connectivity index (χ0n) is 10.2. The molecule has 2 unspecified atom stereocenters. The number of aromatic amines is 2. The van der Waals surface area contributed by atoms with Gasteiger partial charge < -0.3 is 9.97 Å². The zero-order chi connectivity index (χ0) is 13.1. The van der Waals surface area contributed by atoms with Crippen LogP contribution in [0.25, 0.3) is 11.0 Å². The normalized spacial score (nSPS) is 23.2. The average molecular weight is 374 g/mol. The predicted molar refractivity (Wildman–Crippen MR) is 80.2 cm³/mol. The van der Waals surface area contributed by atoms with Gasteiger partial charge in [-0.15, -0.1) is 0 Å². The largest absolute Gasteiger partial charge is 0.323 e. The number of nitrogens with one attached hydrogen (secondary N) is 2. The lowest BCUT2D eigenvalue weighted by Gasteiger charge is -2.14. The molecule has 2 aromatic rings. The molecule has 1 aliphatic carbocycles. The Morgan fingerprint density at radius 1 is 1.33 bits per heavy atom. The molecule has 3 nitrogen and oxygen atoms in total. The van der Waals surface area contributed by atoms with Gasteiger partial charge in [0.2, 0.25) is 0 Å². The Labute approximate surface area is 122 Å². The second-order valence-corrected chi connectivity index (χ2v) is 7.54. The first-order valence-corrected chi connectivity index (χ1v) is 7.65. The summed E-state index contributed by atoms with van der Waals surface area (Å²) in [5.74, 6) is 0.650. The lowest BCUT2D eigenvalue weighted by Crippen LogP contribution is -2.00. The molecule has 0 amide bonds. The third-order valence-corrected chi connectivity index (χ3v) is 5.69. The highest BCUT2D eigenvalue weighted by atomic mass is 79.9. The SMILES string of the molecule is CC1(C)CC1C(Br)c1cc2[nH]c(=O)[nH]c2cc1Br. The molecule has 0 radical (unpaired) electrons. The molecule has 1 saturated carbocycles. The van der Waals surface area contributed by atoms with Crippen LogP contribution in [0, 0.1) is 11.3 Å². The van der Waals surface area contributed by atoms with Crippen LogP contribution >= 0.6 is 31.9 Å². The van der Waals surface area contributed by atoms with E-state index in [4.69, 9.17) is 0 Å². The van der Waals surface area contributed by atoms with Crippen LogP contribution in [0.1, 0.15) is 30.7 Å². The number of imidazole rings is 1. The van der Waals surface area contributed by atoms with E-state index in [0.29, 0.717) is 16.2 Å². The monoisotopic (exact) mass is 372 g/mol. The molecule has 1 aromatic carbocycles. The summed E-state index contributed by atoms with van der Waals surface area (Å²) in [5, 5.41) is 0. The summed E-state index contributed by atoms with van der Waals surface area (Å²) < 4.78 is 1.04. The minimum atomic E-state index is -0.160. The maximum absolute atomic E-state index is 11.3. The molecule has 96 valence electrons. The van der Waals surface area contributed by atoms with Gasteiger partial charge >= 0.3 is 5.69 Å². The third kappa shape index (κ3) is 1.97. The average Bonchev–Trinajstić information content (AvgIpc) is 2.75. The van der Waals surface area contributed by atoms with Crippen molar-refractivity contribution < 1.29 is 0 Å². The number of rotatable bonds is 2. The quantitative estimate of drug-likeness (QED) is 0.765. The fraction of sp³-hybridized carbons (Fsp3) is 0.462. The second-order valence-electron chi connectivity index (χ2n) is 5.70. The maximum Gasteiger partial charge on any atom is 0.323 e. The molecule has 18 heavy (non-hydrogen) atoms. The van der Waals surface area contributed by atoms with Crippen molar-refractivity contribution >= 4 is 42.9 Å². The van der Waals surface area contributed by atoms with Crippen molar-refractivity contribution in [3.8, 4) is 0 Å². The van der Waals surface area contributed by atoms with Gasteiger partial charge in [-0.25, -0.2) is 4.79 Å². The summed E-state index contributed by atoms with van der Waals surface area (Å²) in [6.07, 6.45) is 1.23. The van der Waals surface area contributed by atoms with E-state index in [9.17, 15) is 4.79 Å². The van der Waals surface area contributed by atoms with Gasteiger partial charge in [0.25, 0.3) is 0 Å². The number of benzene rings is 1. The predicted octanol–water partition coefficient (Wildman–Crippen LogP) is 4.10. The van der Waals surface area contributed by atoms with Gasteiger partial charge in [0.1, 0.15) is 0 Å². The van der Waals surface area contributed by atoms with E-state index in [1.54, 1.807) is 0 Å². The van der Waals surface area contributed by atoms with Crippen molar-refractivity contribution in [2.24, 2.45) is 11.3 Å². The number of aromatic nitrogens is 2. The first-order valence-electron chi connectivity index (χ1n) is 5.94. The molecule has 5 heteroatoms. The summed E-state index contributed by atoms with van der Waals surface area (Å²) in [6.45, 7) is 4.58. The second kappa shape index (κ2) is 3.97. The first-order chi connectivity index (χ1) is 8.38. The molecule has 0 saturated heterocycles. The van der Waals surface area contributed by atoms with E-state index in [2.05, 4.69) is 55.7 Å². The molecule has 1 aliphatic rings. The molecule has 2 N–H and O–H groups in total. The highest BCUT2D eigenvalue weighted by Gasteiger charge is 2.50. The van der Waals surface area contributed by atoms with E-state index in [0.717, 1.165) is 15.5 Å². The number of H-pyrrole nitrogens is 2. The number of hydrogen-bond acceptors (Lipinski definition) is 1. The standard InChI is InChI=1S/C13H14Br2N2O/c1-13(2)5-7(13)11(15)6-3-9-10(4-8(6)14)17-12(18)16-9/h3-4,7,11H,5H2,1-2H3,(H2,16,17,18). The fourth-order valence-electron chi connectivity index (χ4n) is 2.51. The Morgan fingerprint density at radius 3 is 2.44 bits per heavy atom. The van der Waals surface area contributed by atoms with Crippen LogP contribution in [0.5, 0.6) is 0 Å². The Morgan fingerprint density at radius 2 is 1.89 bits per heavy atom. The Bertz CT molecular complexity index is 671. The first kappa shape index (κ1) is 12.5. The molecule has 2 atom stereocenters. The van der Waals surface area contributed by atoms with Gasteiger partial charge in [0.15, 0.2) is 0 Å². The van der Waals surface area contributed by atoms with Crippen molar-refractivity contribution in [2.75, 3.05) is 0 Å². The van der Waals surface area contributed by atoms with Gasteiger partial charge in [0, 0.05) is 9.30 Å². The van der Waals surface area contributed by atoms with Gasteiger partial charge in [-0.3, -0.25) is 0 Å². The smallest absolute Gasteiger partial charge is 0.306 e. The van der Waals surface area contributed by atoms with Crippen molar-refractivity contribution in [3.05, 3.63) is 32.7 Å². The van der Waals surface area contributed by atoms with E-state index in [-0.39, 0.29) is 5.69 Å². The Kier molecular flexibility index (Phi) is 2.75. The molecular formula is C13H14Br2N2O. The van der Waals surface area contributed by atoms with Crippen LogP contribution in [0.2, 0.25) is 0 Å². The minimum Gasteiger partial charge on any atom is -0.306 e. The zero-order valence-corrected chi connectivity index (χ0v) is 13.4. The molecule has 0 aliphatic heterocycles. The van der Waals surface area contributed by atoms with Crippen LogP contribution < -0.4 is 5.69 Å². The number of halogens is 2. The fourth-order valence-corrected chi connectivity index (χ4v) is 4.69. The lowest BCUT2D eigenvalue weighted by molar-refractivity contribution is 0.555. The number of alkyl halides is 1. The van der Waals surface area contributed by atoms with Crippen LogP contribution in [0.3, 0.4) is 0 Å². The molecule has 1 fully saturated rings. The molecule has 3 rings (SSSR count). The highest BCUT2D eigenvalue weighted by Crippen LogP contribution is 2.61. The summed E-state index contributed by atoms with van der Waals surface area (Å²) in [7, 11) is 0.